The van der Waals surface area contributed by atoms with Crippen LogP contribution in [-0.4, -0.2) is 0 Å². The highest BCUT2D eigenvalue weighted by molar-refractivity contribution is 4.82. The van der Waals surface area contributed by atoms with Crippen molar-refractivity contribution >= 4 is 0 Å². The molecular formula is C20H40N. The predicted octanol–water partition coefficient (Wildman–Crippen LogP) is 7.25. The molecule has 0 heterocycles. The zero-order valence-corrected chi connectivity index (χ0v) is 14.5. The number of hydrogen-bond acceptors (Lipinski definition) is 1. The lowest BCUT2D eigenvalue weighted by molar-refractivity contribution is 0.531. The van der Waals surface area contributed by atoms with E-state index in [9.17, 15) is 0 Å². The molecule has 0 aromatic carbocycles. The molecule has 125 valence electrons. The normalized spacial score (nSPS) is 10.1. The maximum Gasteiger partial charge on any atom is 0.00860 e. The van der Waals surface area contributed by atoms with E-state index in [-0.39, 0.29) is 6.15 Å². The largest absolute Gasteiger partial charge is 0.344 e. The third kappa shape index (κ3) is 22.0. The second kappa shape index (κ2) is 21.8. The molecule has 0 saturated carbocycles. The van der Waals surface area contributed by atoms with E-state index in [0.717, 1.165) is 12.8 Å². The molecule has 0 fully saturated rings. The fourth-order valence-electron chi connectivity index (χ4n) is 2.70. The maximum atomic E-state index is 5.24. The lowest BCUT2D eigenvalue weighted by Gasteiger charge is -2.03. The van der Waals surface area contributed by atoms with Gasteiger partial charge in [-0.1, -0.05) is 103 Å². The smallest absolute Gasteiger partial charge is 0.00860 e. The molecule has 0 rings (SSSR count). The Hall–Kier alpha value is -0.480. The summed E-state index contributed by atoms with van der Waals surface area (Å²) in [6.07, 6.45) is 28.4. The van der Waals surface area contributed by atoms with Crippen LogP contribution >= 0.6 is 0 Å². The summed E-state index contributed by atoms with van der Waals surface area (Å²) in [4.78, 5) is 0. The average Bonchev–Trinajstić information content (AvgIpc) is 2.47. The third-order valence-corrected chi connectivity index (χ3v) is 4.07. The van der Waals surface area contributed by atoms with Crippen molar-refractivity contribution in [2.75, 3.05) is 0 Å². The highest BCUT2D eigenvalue weighted by Gasteiger charge is 1.94. The summed E-state index contributed by atoms with van der Waals surface area (Å²) in [6.45, 7) is 3.89. The Morgan fingerprint density at radius 2 is 0.810 bits per heavy atom. The van der Waals surface area contributed by atoms with Crippen LogP contribution < -0.4 is 6.15 Å². The zero-order chi connectivity index (χ0) is 14.7. The Kier molecular flexibility index (Phi) is 23.7. The first-order valence-corrected chi connectivity index (χ1v) is 9.14. The van der Waals surface area contributed by atoms with Crippen molar-refractivity contribution in [2.45, 2.75) is 109 Å². The first kappa shape index (κ1) is 22.8. The summed E-state index contributed by atoms with van der Waals surface area (Å²) in [5, 5.41) is 0. The molecule has 0 aliphatic carbocycles. The van der Waals surface area contributed by atoms with Crippen LogP contribution in [-0.2, 0) is 0 Å². The van der Waals surface area contributed by atoms with Crippen LogP contribution in [0.1, 0.15) is 109 Å². The number of terminal acetylenes is 1. The van der Waals surface area contributed by atoms with Crippen molar-refractivity contribution in [3.05, 3.63) is 6.92 Å². The van der Waals surface area contributed by atoms with Crippen LogP contribution in [0.3, 0.4) is 0 Å². The number of hydrogen-bond donors (Lipinski definition) is 1. The number of unbranched alkanes of at least 4 members (excludes halogenated alkanes) is 16. The van der Waals surface area contributed by atoms with Crippen LogP contribution in [0.15, 0.2) is 0 Å². The summed E-state index contributed by atoms with van der Waals surface area (Å²) in [6, 6.07) is 0. The van der Waals surface area contributed by atoms with Gasteiger partial charge in [0, 0.05) is 6.42 Å². The van der Waals surface area contributed by atoms with E-state index in [1.165, 1.54) is 96.3 Å². The van der Waals surface area contributed by atoms with Gasteiger partial charge in [0.2, 0.25) is 0 Å². The Morgan fingerprint density at radius 1 is 0.524 bits per heavy atom. The van der Waals surface area contributed by atoms with Gasteiger partial charge in [0.15, 0.2) is 0 Å². The SMILES string of the molecule is C#CCCCCCCCCCCCCCCCCC[CH2].N. The Labute approximate surface area is 135 Å². The summed E-state index contributed by atoms with van der Waals surface area (Å²) in [5.74, 6) is 2.71. The third-order valence-electron chi connectivity index (χ3n) is 4.07. The van der Waals surface area contributed by atoms with E-state index < -0.39 is 0 Å². The molecule has 0 saturated heterocycles. The fraction of sp³-hybridized carbons (Fsp3) is 0.850. The van der Waals surface area contributed by atoms with Crippen molar-refractivity contribution in [3.8, 4) is 12.3 Å². The standard InChI is InChI=1S/C20H37.H3N/c1-3-5-7-9-11-13-15-17-19-20-18-16-14-12-10-8-6-4-2;/h1H,2,4-20H2;1H3. The summed E-state index contributed by atoms with van der Waals surface area (Å²) in [7, 11) is 0. The van der Waals surface area contributed by atoms with Crippen molar-refractivity contribution in [1.29, 1.82) is 0 Å². The molecule has 0 unspecified atom stereocenters. The summed E-state index contributed by atoms with van der Waals surface area (Å²) in [5.41, 5.74) is 0. The molecule has 0 bridgehead atoms. The maximum absolute atomic E-state index is 5.24. The van der Waals surface area contributed by atoms with Gasteiger partial charge >= 0.3 is 0 Å². The Balaban J connectivity index is 0. The van der Waals surface area contributed by atoms with Crippen LogP contribution in [0, 0.1) is 19.3 Å². The molecule has 1 heteroatoms. The minimum atomic E-state index is 0. The molecule has 0 amide bonds. The van der Waals surface area contributed by atoms with E-state index in [1.807, 2.05) is 0 Å². The quantitative estimate of drug-likeness (QED) is 0.236. The van der Waals surface area contributed by atoms with Crippen molar-refractivity contribution in [1.82, 2.24) is 6.15 Å². The molecular weight excluding hydrogens is 254 g/mol. The predicted molar refractivity (Wildman–Crippen MR) is 97.7 cm³/mol. The van der Waals surface area contributed by atoms with Gasteiger partial charge in [-0.05, 0) is 6.42 Å². The fourth-order valence-corrected chi connectivity index (χ4v) is 2.70. The van der Waals surface area contributed by atoms with Crippen LogP contribution in [0.5, 0.6) is 0 Å². The van der Waals surface area contributed by atoms with E-state index in [1.54, 1.807) is 0 Å². The van der Waals surface area contributed by atoms with Gasteiger partial charge in [0.1, 0.15) is 0 Å². The molecule has 3 N–H and O–H groups in total. The number of rotatable bonds is 16. The Bertz CT molecular complexity index is 204. The van der Waals surface area contributed by atoms with Gasteiger partial charge in [-0.15, -0.1) is 12.3 Å². The molecule has 0 aromatic rings. The van der Waals surface area contributed by atoms with E-state index in [2.05, 4.69) is 12.8 Å². The molecule has 0 spiro atoms. The molecule has 1 radical (unpaired) electrons. The van der Waals surface area contributed by atoms with Crippen molar-refractivity contribution in [2.24, 2.45) is 0 Å². The van der Waals surface area contributed by atoms with E-state index in [0.29, 0.717) is 0 Å². The van der Waals surface area contributed by atoms with E-state index in [4.69, 9.17) is 6.42 Å². The highest BCUT2D eigenvalue weighted by atomic mass is 14.0. The lowest BCUT2D eigenvalue weighted by atomic mass is 10.0. The second-order valence-corrected chi connectivity index (χ2v) is 6.11. The lowest BCUT2D eigenvalue weighted by Crippen LogP contribution is -1.83. The Morgan fingerprint density at radius 3 is 1.10 bits per heavy atom. The molecule has 1 nitrogen and oxygen atoms in total. The molecule has 0 aromatic heterocycles. The molecule has 0 atom stereocenters. The van der Waals surface area contributed by atoms with Crippen LogP contribution in [0.25, 0.3) is 0 Å². The minimum absolute atomic E-state index is 0. The highest BCUT2D eigenvalue weighted by Crippen LogP contribution is 2.13. The molecule has 21 heavy (non-hydrogen) atoms. The van der Waals surface area contributed by atoms with Crippen LogP contribution in [0.4, 0.5) is 0 Å². The van der Waals surface area contributed by atoms with Gasteiger partial charge in [0.05, 0.1) is 0 Å². The topological polar surface area (TPSA) is 35.0 Å². The summed E-state index contributed by atoms with van der Waals surface area (Å²) < 4.78 is 0. The first-order chi connectivity index (χ1) is 9.91. The van der Waals surface area contributed by atoms with Gasteiger partial charge in [-0.3, -0.25) is 0 Å². The van der Waals surface area contributed by atoms with Crippen molar-refractivity contribution in [3.63, 3.8) is 0 Å². The van der Waals surface area contributed by atoms with Gasteiger partial charge in [0.25, 0.3) is 0 Å². The van der Waals surface area contributed by atoms with Crippen LogP contribution in [0.2, 0.25) is 0 Å². The molecule has 0 aliphatic heterocycles. The first-order valence-electron chi connectivity index (χ1n) is 9.14. The zero-order valence-electron chi connectivity index (χ0n) is 14.5. The summed E-state index contributed by atoms with van der Waals surface area (Å²) >= 11 is 0. The minimum Gasteiger partial charge on any atom is -0.344 e. The van der Waals surface area contributed by atoms with Crippen molar-refractivity contribution < 1.29 is 0 Å². The second-order valence-electron chi connectivity index (χ2n) is 6.11. The molecule has 0 aliphatic rings. The van der Waals surface area contributed by atoms with E-state index >= 15 is 0 Å². The van der Waals surface area contributed by atoms with Gasteiger partial charge in [-0.2, -0.15) is 0 Å². The monoisotopic (exact) mass is 294 g/mol. The van der Waals surface area contributed by atoms with Gasteiger partial charge < -0.3 is 6.15 Å². The average molecular weight is 295 g/mol. The van der Waals surface area contributed by atoms with Gasteiger partial charge in [-0.25, -0.2) is 0 Å².